The van der Waals surface area contributed by atoms with Crippen molar-refractivity contribution in [3.05, 3.63) is 41.5 Å². The SMILES string of the molecule is CC(C)(C)c1ccc(/C=C/C(F)(F)F)cc1. The fraction of sp³-hybridized carbons (Fsp3) is 0.385. The topological polar surface area (TPSA) is 0 Å². The van der Waals surface area contributed by atoms with Crippen LogP contribution in [0.3, 0.4) is 0 Å². The van der Waals surface area contributed by atoms with Crippen LogP contribution >= 0.6 is 0 Å². The summed E-state index contributed by atoms with van der Waals surface area (Å²) in [6.45, 7) is 6.19. The Hall–Kier alpha value is -1.25. The zero-order valence-electron chi connectivity index (χ0n) is 9.60. The Bertz CT molecular complexity index is 364. The van der Waals surface area contributed by atoms with E-state index in [1.54, 1.807) is 12.1 Å². The van der Waals surface area contributed by atoms with Crippen LogP contribution in [0.4, 0.5) is 13.2 Å². The summed E-state index contributed by atoms with van der Waals surface area (Å²) in [7, 11) is 0. The van der Waals surface area contributed by atoms with Gasteiger partial charge in [-0.25, -0.2) is 0 Å². The molecule has 1 rings (SSSR count). The third-order valence-corrected chi connectivity index (χ3v) is 2.24. The van der Waals surface area contributed by atoms with Gasteiger partial charge >= 0.3 is 6.18 Å². The van der Waals surface area contributed by atoms with Crippen molar-refractivity contribution in [2.24, 2.45) is 0 Å². The lowest BCUT2D eigenvalue weighted by Gasteiger charge is -2.18. The monoisotopic (exact) mass is 228 g/mol. The number of benzene rings is 1. The first kappa shape index (κ1) is 12.8. The van der Waals surface area contributed by atoms with Crippen molar-refractivity contribution in [3.63, 3.8) is 0 Å². The highest BCUT2D eigenvalue weighted by Gasteiger charge is 2.21. The number of rotatable bonds is 1. The van der Waals surface area contributed by atoms with Crippen molar-refractivity contribution in [3.8, 4) is 0 Å². The molecule has 1 aromatic rings. The van der Waals surface area contributed by atoms with Gasteiger partial charge in [0.05, 0.1) is 0 Å². The molecule has 0 heterocycles. The van der Waals surface area contributed by atoms with Crippen LogP contribution in [0.2, 0.25) is 0 Å². The predicted octanol–water partition coefficient (Wildman–Crippen LogP) is 4.56. The maximum atomic E-state index is 11.9. The lowest BCUT2D eigenvalue weighted by molar-refractivity contribution is -0.0790. The van der Waals surface area contributed by atoms with Crippen molar-refractivity contribution in [1.29, 1.82) is 0 Å². The number of hydrogen-bond acceptors (Lipinski definition) is 0. The molecule has 0 amide bonds. The standard InChI is InChI=1S/C13H15F3/c1-12(2,3)11-6-4-10(5-7-11)8-9-13(14,15)16/h4-9H,1-3H3/b9-8+. The average molecular weight is 228 g/mol. The van der Waals surface area contributed by atoms with Gasteiger partial charge in [0.25, 0.3) is 0 Å². The molecule has 0 nitrogen and oxygen atoms in total. The molecule has 0 aliphatic heterocycles. The molecule has 0 unspecified atom stereocenters. The lowest BCUT2D eigenvalue weighted by Crippen LogP contribution is -2.10. The molecule has 0 atom stereocenters. The predicted molar refractivity (Wildman–Crippen MR) is 60.2 cm³/mol. The minimum absolute atomic E-state index is 0.0201. The van der Waals surface area contributed by atoms with Gasteiger partial charge in [0.1, 0.15) is 0 Å². The highest BCUT2D eigenvalue weighted by molar-refractivity contribution is 5.50. The molecular formula is C13H15F3. The first-order chi connectivity index (χ1) is 7.18. The molecule has 3 heteroatoms. The summed E-state index contributed by atoms with van der Waals surface area (Å²) < 4.78 is 35.8. The van der Waals surface area contributed by atoms with Crippen LogP contribution in [0.25, 0.3) is 6.08 Å². The van der Waals surface area contributed by atoms with Gasteiger partial charge in [0.2, 0.25) is 0 Å². The van der Waals surface area contributed by atoms with Gasteiger partial charge in [-0.2, -0.15) is 13.2 Å². The van der Waals surface area contributed by atoms with Crippen LogP contribution < -0.4 is 0 Å². The Morgan fingerprint density at radius 1 is 0.938 bits per heavy atom. The Morgan fingerprint density at radius 2 is 1.44 bits per heavy atom. The summed E-state index contributed by atoms with van der Waals surface area (Å²) in [4.78, 5) is 0. The average Bonchev–Trinajstić information content (AvgIpc) is 2.13. The quantitative estimate of drug-likeness (QED) is 0.661. The molecule has 0 aliphatic carbocycles. The molecule has 1 aromatic carbocycles. The highest BCUT2D eigenvalue weighted by Crippen LogP contribution is 2.23. The molecule has 88 valence electrons. The Balaban J connectivity index is 2.85. The van der Waals surface area contributed by atoms with E-state index in [4.69, 9.17) is 0 Å². The van der Waals surface area contributed by atoms with Crippen LogP contribution in [0.15, 0.2) is 30.3 Å². The second kappa shape index (κ2) is 4.32. The van der Waals surface area contributed by atoms with Crippen molar-refractivity contribution < 1.29 is 13.2 Å². The fourth-order valence-electron chi connectivity index (χ4n) is 1.28. The van der Waals surface area contributed by atoms with Gasteiger partial charge in [0.15, 0.2) is 0 Å². The van der Waals surface area contributed by atoms with Crippen molar-refractivity contribution in [2.75, 3.05) is 0 Å². The van der Waals surface area contributed by atoms with E-state index >= 15 is 0 Å². The van der Waals surface area contributed by atoms with E-state index in [1.807, 2.05) is 12.1 Å². The summed E-state index contributed by atoms with van der Waals surface area (Å²) in [5.41, 5.74) is 1.69. The molecule has 0 fully saturated rings. The van der Waals surface area contributed by atoms with E-state index in [-0.39, 0.29) is 11.5 Å². The summed E-state index contributed by atoms with van der Waals surface area (Å²) in [5, 5.41) is 0. The molecule has 0 saturated heterocycles. The van der Waals surface area contributed by atoms with E-state index < -0.39 is 6.18 Å². The van der Waals surface area contributed by atoms with Crippen LogP contribution in [0.1, 0.15) is 31.9 Å². The summed E-state index contributed by atoms with van der Waals surface area (Å²) in [5.74, 6) is 0. The van der Waals surface area contributed by atoms with Crippen molar-refractivity contribution >= 4 is 6.08 Å². The van der Waals surface area contributed by atoms with E-state index in [1.165, 1.54) is 0 Å². The van der Waals surface area contributed by atoms with Gasteiger partial charge in [-0.3, -0.25) is 0 Å². The third kappa shape index (κ3) is 4.09. The second-order valence-corrected chi connectivity index (χ2v) is 4.75. The normalized spacial score (nSPS) is 13.4. The van der Waals surface area contributed by atoms with E-state index in [0.29, 0.717) is 5.56 Å². The van der Waals surface area contributed by atoms with Crippen molar-refractivity contribution in [1.82, 2.24) is 0 Å². The Morgan fingerprint density at radius 3 is 1.81 bits per heavy atom. The third-order valence-electron chi connectivity index (χ3n) is 2.24. The van der Waals surface area contributed by atoms with Gasteiger partial charge in [-0.1, -0.05) is 51.1 Å². The van der Waals surface area contributed by atoms with Crippen LogP contribution in [0, 0.1) is 0 Å². The molecule has 0 spiro atoms. The van der Waals surface area contributed by atoms with E-state index in [2.05, 4.69) is 20.8 Å². The van der Waals surface area contributed by atoms with Crippen LogP contribution in [-0.2, 0) is 5.41 Å². The number of allylic oxidation sites excluding steroid dienone is 1. The van der Waals surface area contributed by atoms with Crippen LogP contribution in [0.5, 0.6) is 0 Å². The maximum absolute atomic E-state index is 11.9. The highest BCUT2D eigenvalue weighted by atomic mass is 19.4. The molecule has 0 saturated carbocycles. The molecule has 0 aliphatic rings. The molecular weight excluding hydrogens is 213 g/mol. The van der Waals surface area contributed by atoms with Gasteiger partial charge in [0, 0.05) is 6.08 Å². The van der Waals surface area contributed by atoms with Crippen molar-refractivity contribution in [2.45, 2.75) is 32.4 Å². The minimum Gasteiger partial charge on any atom is -0.167 e. The Kier molecular flexibility index (Phi) is 3.46. The Labute approximate surface area is 93.8 Å². The number of alkyl halides is 3. The zero-order valence-corrected chi connectivity index (χ0v) is 9.60. The minimum atomic E-state index is -4.25. The van der Waals surface area contributed by atoms with Gasteiger partial charge in [-0.05, 0) is 16.5 Å². The summed E-state index contributed by atoms with van der Waals surface area (Å²) in [6, 6.07) is 7.11. The maximum Gasteiger partial charge on any atom is 0.409 e. The fourth-order valence-corrected chi connectivity index (χ4v) is 1.28. The number of hydrogen-bond donors (Lipinski definition) is 0. The molecule has 0 N–H and O–H groups in total. The zero-order chi connectivity index (χ0) is 12.4. The van der Waals surface area contributed by atoms with E-state index in [0.717, 1.165) is 11.6 Å². The molecule has 0 bridgehead atoms. The molecule has 16 heavy (non-hydrogen) atoms. The summed E-state index contributed by atoms with van der Waals surface area (Å²) in [6.07, 6.45) is -2.92. The first-order valence-corrected chi connectivity index (χ1v) is 5.05. The first-order valence-electron chi connectivity index (χ1n) is 5.05. The van der Waals surface area contributed by atoms with Crippen LogP contribution in [-0.4, -0.2) is 6.18 Å². The van der Waals surface area contributed by atoms with E-state index in [9.17, 15) is 13.2 Å². The molecule has 0 aromatic heterocycles. The molecule has 0 radical (unpaired) electrons. The smallest absolute Gasteiger partial charge is 0.167 e. The number of halogens is 3. The second-order valence-electron chi connectivity index (χ2n) is 4.75. The van der Waals surface area contributed by atoms with Gasteiger partial charge < -0.3 is 0 Å². The van der Waals surface area contributed by atoms with Gasteiger partial charge in [-0.15, -0.1) is 0 Å². The lowest BCUT2D eigenvalue weighted by atomic mass is 9.87. The largest absolute Gasteiger partial charge is 0.409 e. The summed E-state index contributed by atoms with van der Waals surface area (Å²) >= 11 is 0.